The fourth-order valence-corrected chi connectivity index (χ4v) is 2.86. The number of hydrogen-bond donors (Lipinski definition) is 1. The van der Waals surface area contributed by atoms with E-state index in [9.17, 15) is 14.3 Å². The van der Waals surface area contributed by atoms with E-state index in [-0.39, 0.29) is 25.2 Å². The fourth-order valence-electron chi connectivity index (χ4n) is 2.86. The molecule has 1 aromatic carbocycles. The zero-order valence-electron chi connectivity index (χ0n) is 13.7. The largest absolute Gasteiger partial charge is 0.448 e. The molecule has 0 saturated carbocycles. The average molecular weight is 357 g/mol. The highest BCUT2D eigenvalue weighted by Gasteiger charge is 2.35. The second kappa shape index (κ2) is 6.72. The molecule has 2 aromatic heterocycles. The number of β-amino-alcohol motifs (C(OH)–C–C–N with tert-alkyl or cyclic N) is 1. The average Bonchev–Trinajstić information content (AvgIpc) is 3.37. The highest BCUT2D eigenvalue weighted by Crippen LogP contribution is 2.21. The summed E-state index contributed by atoms with van der Waals surface area (Å²) in [7, 11) is 0. The molecule has 3 heterocycles. The summed E-state index contributed by atoms with van der Waals surface area (Å²) in [5.41, 5.74) is 1.70. The van der Waals surface area contributed by atoms with E-state index in [1.54, 1.807) is 6.07 Å². The van der Waals surface area contributed by atoms with Crippen LogP contribution in [0.4, 0.5) is 4.39 Å². The number of carbonyl (C=O) groups excluding carboxylic acids is 1. The SMILES string of the molecule is O=C(c1coc(Cc2cc(-c3ccccc3)no2)n1)N1C[C@@H](O)[C@H](F)C1. The Bertz CT molecular complexity index is 898. The minimum atomic E-state index is -1.43. The van der Waals surface area contributed by atoms with Crippen LogP contribution in [0.15, 0.2) is 51.6 Å². The van der Waals surface area contributed by atoms with E-state index in [0.717, 1.165) is 5.56 Å². The van der Waals surface area contributed by atoms with Gasteiger partial charge < -0.3 is 18.9 Å². The Morgan fingerprint density at radius 3 is 2.85 bits per heavy atom. The molecular formula is C18H16FN3O4. The van der Waals surface area contributed by atoms with Crippen LogP contribution in [-0.2, 0) is 6.42 Å². The van der Waals surface area contributed by atoms with Gasteiger partial charge in [-0.2, -0.15) is 0 Å². The third kappa shape index (κ3) is 3.23. The molecular weight excluding hydrogens is 341 g/mol. The maximum Gasteiger partial charge on any atom is 0.276 e. The smallest absolute Gasteiger partial charge is 0.276 e. The Labute approximate surface area is 148 Å². The van der Waals surface area contributed by atoms with Gasteiger partial charge in [0.15, 0.2) is 5.69 Å². The standard InChI is InChI=1S/C18H16FN3O4/c19-13-8-22(9-16(13)23)18(24)15-10-25-17(20-15)7-12-6-14(21-26-12)11-4-2-1-3-5-11/h1-6,10,13,16,23H,7-9H2/t13-,16-/m1/s1. The molecule has 1 aliphatic rings. The number of aromatic nitrogens is 2. The first kappa shape index (κ1) is 16.5. The number of rotatable bonds is 4. The third-order valence-corrected chi connectivity index (χ3v) is 4.23. The maximum absolute atomic E-state index is 13.4. The van der Waals surface area contributed by atoms with Crippen LogP contribution < -0.4 is 0 Å². The molecule has 1 amide bonds. The van der Waals surface area contributed by atoms with Crippen LogP contribution in [0, 0.1) is 0 Å². The van der Waals surface area contributed by atoms with Crippen molar-refractivity contribution in [2.45, 2.75) is 18.7 Å². The predicted molar refractivity (Wildman–Crippen MR) is 88.1 cm³/mol. The van der Waals surface area contributed by atoms with Crippen molar-refractivity contribution in [3.8, 4) is 11.3 Å². The molecule has 4 rings (SSSR count). The Morgan fingerprint density at radius 2 is 2.12 bits per heavy atom. The van der Waals surface area contributed by atoms with Gasteiger partial charge >= 0.3 is 0 Å². The van der Waals surface area contributed by atoms with Gasteiger partial charge in [-0.1, -0.05) is 35.5 Å². The summed E-state index contributed by atoms with van der Waals surface area (Å²) in [5, 5.41) is 13.4. The second-order valence-electron chi connectivity index (χ2n) is 6.14. The molecule has 3 aromatic rings. The molecule has 0 spiro atoms. The first-order chi connectivity index (χ1) is 12.6. The normalized spacial score (nSPS) is 19.8. The Balaban J connectivity index is 1.44. The topological polar surface area (TPSA) is 92.6 Å². The van der Waals surface area contributed by atoms with Gasteiger partial charge in [0, 0.05) is 11.6 Å². The number of benzene rings is 1. The number of nitrogens with zero attached hydrogens (tertiary/aromatic N) is 3. The van der Waals surface area contributed by atoms with Gasteiger partial charge in [-0.05, 0) is 0 Å². The van der Waals surface area contributed by atoms with E-state index in [4.69, 9.17) is 8.94 Å². The van der Waals surface area contributed by atoms with Crippen molar-refractivity contribution in [1.82, 2.24) is 15.0 Å². The Kier molecular flexibility index (Phi) is 4.26. The van der Waals surface area contributed by atoms with Gasteiger partial charge in [-0.25, -0.2) is 9.37 Å². The third-order valence-electron chi connectivity index (χ3n) is 4.23. The zero-order chi connectivity index (χ0) is 18.1. The zero-order valence-corrected chi connectivity index (χ0v) is 13.7. The maximum atomic E-state index is 13.4. The minimum absolute atomic E-state index is 0.0509. The molecule has 7 nitrogen and oxygen atoms in total. The lowest BCUT2D eigenvalue weighted by Crippen LogP contribution is -2.29. The van der Waals surface area contributed by atoms with E-state index in [1.807, 2.05) is 30.3 Å². The molecule has 0 radical (unpaired) electrons. The van der Waals surface area contributed by atoms with Crippen LogP contribution in [0.2, 0.25) is 0 Å². The van der Waals surface area contributed by atoms with Crippen molar-refractivity contribution >= 4 is 5.91 Å². The number of hydrogen-bond acceptors (Lipinski definition) is 6. The summed E-state index contributed by atoms with van der Waals surface area (Å²) in [5.74, 6) is 0.368. The molecule has 1 aliphatic heterocycles. The van der Waals surface area contributed by atoms with Crippen molar-refractivity contribution in [2.75, 3.05) is 13.1 Å². The van der Waals surface area contributed by atoms with Gasteiger partial charge in [-0.3, -0.25) is 4.79 Å². The van der Waals surface area contributed by atoms with E-state index in [1.165, 1.54) is 11.2 Å². The van der Waals surface area contributed by atoms with Gasteiger partial charge in [0.25, 0.3) is 5.91 Å². The van der Waals surface area contributed by atoms with Crippen LogP contribution in [0.1, 0.15) is 22.1 Å². The summed E-state index contributed by atoms with van der Waals surface area (Å²) in [4.78, 5) is 17.6. The number of amides is 1. The number of carbonyl (C=O) groups is 1. The molecule has 134 valence electrons. The Morgan fingerprint density at radius 1 is 1.31 bits per heavy atom. The van der Waals surface area contributed by atoms with Gasteiger partial charge in [-0.15, -0.1) is 0 Å². The minimum Gasteiger partial charge on any atom is -0.448 e. The monoisotopic (exact) mass is 357 g/mol. The summed E-state index contributed by atoms with van der Waals surface area (Å²) >= 11 is 0. The molecule has 0 bridgehead atoms. The van der Waals surface area contributed by atoms with E-state index in [0.29, 0.717) is 17.3 Å². The second-order valence-corrected chi connectivity index (χ2v) is 6.14. The summed E-state index contributed by atoms with van der Waals surface area (Å²) in [6.45, 7) is -0.199. The molecule has 0 unspecified atom stereocenters. The highest BCUT2D eigenvalue weighted by molar-refractivity contribution is 5.92. The van der Waals surface area contributed by atoms with Crippen LogP contribution in [-0.4, -0.2) is 51.4 Å². The molecule has 2 atom stereocenters. The van der Waals surface area contributed by atoms with Crippen molar-refractivity contribution in [2.24, 2.45) is 0 Å². The quantitative estimate of drug-likeness (QED) is 0.768. The van der Waals surface area contributed by atoms with E-state index < -0.39 is 18.2 Å². The highest BCUT2D eigenvalue weighted by atomic mass is 19.1. The number of aliphatic hydroxyl groups excluding tert-OH is 1. The van der Waals surface area contributed by atoms with Crippen LogP contribution in [0.3, 0.4) is 0 Å². The molecule has 1 N–H and O–H groups in total. The Hall–Kier alpha value is -3.00. The molecule has 0 aliphatic carbocycles. The summed E-state index contributed by atoms with van der Waals surface area (Å²) in [6, 6.07) is 11.4. The lowest BCUT2D eigenvalue weighted by molar-refractivity contribution is 0.0758. The van der Waals surface area contributed by atoms with Crippen LogP contribution >= 0.6 is 0 Å². The summed E-state index contributed by atoms with van der Waals surface area (Å²) < 4.78 is 24.0. The van der Waals surface area contributed by atoms with Crippen LogP contribution in [0.5, 0.6) is 0 Å². The fraction of sp³-hybridized carbons (Fsp3) is 0.278. The molecule has 8 heteroatoms. The number of likely N-dealkylation sites (tertiary alicyclic amines) is 1. The molecule has 1 fully saturated rings. The van der Waals surface area contributed by atoms with E-state index >= 15 is 0 Å². The number of aliphatic hydroxyl groups is 1. The lowest BCUT2D eigenvalue weighted by atomic mass is 10.1. The van der Waals surface area contributed by atoms with Crippen LogP contribution in [0.25, 0.3) is 11.3 Å². The van der Waals surface area contributed by atoms with Crippen molar-refractivity contribution < 1.29 is 23.2 Å². The number of halogens is 1. The lowest BCUT2D eigenvalue weighted by Gasteiger charge is -2.12. The van der Waals surface area contributed by atoms with Crippen molar-refractivity contribution in [3.63, 3.8) is 0 Å². The summed E-state index contributed by atoms with van der Waals surface area (Å²) in [6.07, 6.45) is -1.13. The number of oxazole rings is 1. The van der Waals surface area contributed by atoms with Gasteiger partial charge in [0.1, 0.15) is 30.0 Å². The first-order valence-electron chi connectivity index (χ1n) is 8.17. The number of alkyl halides is 1. The van der Waals surface area contributed by atoms with E-state index in [2.05, 4.69) is 10.1 Å². The molecule has 1 saturated heterocycles. The molecule has 26 heavy (non-hydrogen) atoms. The predicted octanol–water partition coefficient (Wildman–Crippen LogP) is 2.08. The van der Waals surface area contributed by atoms with Crippen molar-refractivity contribution in [3.05, 3.63) is 60.0 Å². The first-order valence-corrected chi connectivity index (χ1v) is 8.17. The van der Waals surface area contributed by atoms with Gasteiger partial charge in [0.05, 0.1) is 19.5 Å². The van der Waals surface area contributed by atoms with Crippen molar-refractivity contribution in [1.29, 1.82) is 0 Å². The van der Waals surface area contributed by atoms with Gasteiger partial charge in [0.2, 0.25) is 5.89 Å².